The van der Waals surface area contributed by atoms with Crippen LogP contribution in [0, 0.1) is 5.92 Å². The number of hydrogen-bond acceptors (Lipinski definition) is 4. The Hall–Kier alpha value is -2.60. The first-order valence-corrected chi connectivity index (χ1v) is 8.56. The molecule has 1 aromatic heterocycles. The number of amides is 2. The summed E-state index contributed by atoms with van der Waals surface area (Å²) >= 11 is 0. The molecule has 0 bridgehead atoms. The molecule has 25 heavy (non-hydrogen) atoms. The van der Waals surface area contributed by atoms with Gasteiger partial charge in [0.2, 0.25) is 5.91 Å². The van der Waals surface area contributed by atoms with Gasteiger partial charge in [0, 0.05) is 19.0 Å². The van der Waals surface area contributed by atoms with E-state index in [-0.39, 0.29) is 17.7 Å². The Labute approximate surface area is 146 Å². The summed E-state index contributed by atoms with van der Waals surface area (Å²) in [5, 5.41) is 5.76. The lowest BCUT2D eigenvalue weighted by molar-refractivity contribution is -0.123. The largest absolute Gasteiger partial charge is 0.459 e. The Morgan fingerprint density at radius 2 is 1.88 bits per heavy atom. The van der Waals surface area contributed by atoms with Crippen LogP contribution in [0.4, 0.5) is 0 Å². The molecule has 1 aliphatic rings. The summed E-state index contributed by atoms with van der Waals surface area (Å²) in [7, 11) is 0. The number of furan rings is 1. The van der Waals surface area contributed by atoms with E-state index in [1.807, 2.05) is 30.3 Å². The van der Waals surface area contributed by atoms with Gasteiger partial charge in [0.05, 0.1) is 6.26 Å². The van der Waals surface area contributed by atoms with Crippen molar-refractivity contribution < 1.29 is 14.0 Å². The van der Waals surface area contributed by atoms with Crippen LogP contribution in [0.25, 0.3) is 0 Å². The van der Waals surface area contributed by atoms with Gasteiger partial charge in [-0.3, -0.25) is 9.59 Å². The Balaban J connectivity index is 1.70. The first-order valence-electron chi connectivity index (χ1n) is 8.56. The molecule has 2 aromatic rings. The molecule has 1 aromatic carbocycles. The lowest BCUT2D eigenvalue weighted by Crippen LogP contribution is -2.52. The van der Waals surface area contributed by atoms with E-state index in [1.54, 1.807) is 12.1 Å². The van der Waals surface area contributed by atoms with Gasteiger partial charge in [0.15, 0.2) is 5.76 Å². The molecular weight excluding hydrogens is 318 g/mol. The van der Waals surface area contributed by atoms with Crippen molar-refractivity contribution in [3.8, 4) is 0 Å². The predicted octanol–water partition coefficient (Wildman–Crippen LogP) is 1.47. The van der Waals surface area contributed by atoms with Gasteiger partial charge < -0.3 is 20.8 Å². The normalized spacial score (nSPS) is 16.0. The Morgan fingerprint density at radius 1 is 1.12 bits per heavy atom. The smallest absolute Gasteiger partial charge is 0.287 e. The molecule has 6 heteroatoms. The molecule has 1 fully saturated rings. The number of carbonyl (C=O) groups is 2. The van der Waals surface area contributed by atoms with Crippen molar-refractivity contribution in [2.45, 2.75) is 31.3 Å². The molecule has 1 saturated carbocycles. The van der Waals surface area contributed by atoms with Gasteiger partial charge >= 0.3 is 0 Å². The highest BCUT2D eigenvalue weighted by Crippen LogP contribution is 2.32. The fourth-order valence-corrected chi connectivity index (χ4v) is 2.85. The maximum absolute atomic E-state index is 12.7. The van der Waals surface area contributed by atoms with Crippen LogP contribution in [0.5, 0.6) is 0 Å². The molecule has 1 aliphatic carbocycles. The van der Waals surface area contributed by atoms with E-state index in [0.29, 0.717) is 18.9 Å². The van der Waals surface area contributed by atoms with E-state index in [1.165, 1.54) is 6.26 Å². The first-order chi connectivity index (χ1) is 12.2. The predicted molar refractivity (Wildman–Crippen MR) is 93.8 cm³/mol. The fourth-order valence-electron chi connectivity index (χ4n) is 2.85. The van der Waals surface area contributed by atoms with E-state index in [4.69, 9.17) is 10.2 Å². The van der Waals surface area contributed by atoms with E-state index in [2.05, 4.69) is 10.6 Å². The molecule has 0 spiro atoms. The minimum atomic E-state index is -0.687. The summed E-state index contributed by atoms with van der Waals surface area (Å²) in [5.41, 5.74) is 6.75. The van der Waals surface area contributed by atoms with Gasteiger partial charge in [-0.1, -0.05) is 30.3 Å². The average Bonchev–Trinajstić information content (AvgIpc) is 3.32. The van der Waals surface area contributed by atoms with Crippen molar-refractivity contribution >= 4 is 11.8 Å². The topological polar surface area (TPSA) is 97.4 Å². The van der Waals surface area contributed by atoms with E-state index in [0.717, 1.165) is 18.4 Å². The second-order valence-corrected chi connectivity index (χ2v) is 6.38. The van der Waals surface area contributed by atoms with Crippen LogP contribution in [0.3, 0.4) is 0 Å². The van der Waals surface area contributed by atoms with Crippen molar-refractivity contribution in [3.63, 3.8) is 0 Å². The lowest BCUT2D eigenvalue weighted by atomic mass is 10.0. The lowest BCUT2D eigenvalue weighted by Gasteiger charge is -2.22. The number of hydrogen-bond donors (Lipinski definition) is 3. The molecule has 3 rings (SSSR count). The molecular formula is C19H23N3O3. The van der Waals surface area contributed by atoms with Gasteiger partial charge in [-0.15, -0.1) is 0 Å². The number of carbonyl (C=O) groups excluding carboxylic acids is 2. The van der Waals surface area contributed by atoms with Crippen molar-refractivity contribution in [3.05, 3.63) is 60.1 Å². The highest BCUT2D eigenvalue weighted by atomic mass is 16.3. The second-order valence-electron chi connectivity index (χ2n) is 6.38. The minimum absolute atomic E-state index is 0.0358. The van der Waals surface area contributed by atoms with Crippen molar-refractivity contribution in [1.82, 2.24) is 10.6 Å². The zero-order valence-corrected chi connectivity index (χ0v) is 14.0. The average molecular weight is 341 g/mol. The molecule has 1 heterocycles. The van der Waals surface area contributed by atoms with Gasteiger partial charge in [0.1, 0.15) is 6.04 Å². The van der Waals surface area contributed by atoms with Crippen LogP contribution >= 0.6 is 0 Å². The third-order valence-corrected chi connectivity index (χ3v) is 4.42. The zero-order chi connectivity index (χ0) is 17.6. The highest BCUT2D eigenvalue weighted by molar-refractivity contribution is 5.95. The zero-order valence-electron chi connectivity index (χ0n) is 14.0. The summed E-state index contributed by atoms with van der Waals surface area (Å²) in [6, 6.07) is 12.1. The highest BCUT2D eigenvalue weighted by Gasteiger charge is 2.33. The number of nitrogens with two attached hydrogens (primary N) is 1. The third kappa shape index (κ3) is 4.70. The van der Waals surface area contributed by atoms with Crippen LogP contribution in [0.1, 0.15) is 29.0 Å². The molecule has 6 nitrogen and oxygen atoms in total. The molecule has 0 saturated heterocycles. The van der Waals surface area contributed by atoms with Crippen molar-refractivity contribution in [2.75, 3.05) is 6.54 Å². The van der Waals surface area contributed by atoms with Crippen molar-refractivity contribution in [1.29, 1.82) is 0 Å². The summed E-state index contributed by atoms with van der Waals surface area (Å²) in [4.78, 5) is 25.0. The minimum Gasteiger partial charge on any atom is -0.459 e. The van der Waals surface area contributed by atoms with Gasteiger partial charge in [-0.2, -0.15) is 0 Å². The van der Waals surface area contributed by atoms with E-state index >= 15 is 0 Å². The number of nitrogens with one attached hydrogen (secondary N) is 2. The van der Waals surface area contributed by atoms with Crippen LogP contribution in [0.2, 0.25) is 0 Å². The third-order valence-electron chi connectivity index (χ3n) is 4.42. The van der Waals surface area contributed by atoms with Gasteiger partial charge in [-0.25, -0.2) is 0 Å². The monoisotopic (exact) mass is 341 g/mol. The maximum atomic E-state index is 12.7. The standard InChI is InChI=1S/C19H23N3O3/c20-12-16(14-8-9-14)22-18(23)15(11-13-5-2-1-3-6-13)21-19(24)17-7-4-10-25-17/h1-7,10,14-16H,8-9,11-12,20H2,(H,21,24)(H,22,23). The molecule has 0 aliphatic heterocycles. The maximum Gasteiger partial charge on any atom is 0.287 e. The summed E-state index contributed by atoms with van der Waals surface area (Å²) in [6.45, 7) is 0.403. The van der Waals surface area contributed by atoms with E-state index in [9.17, 15) is 9.59 Å². The Morgan fingerprint density at radius 3 is 2.48 bits per heavy atom. The van der Waals surface area contributed by atoms with Gasteiger partial charge in [0.25, 0.3) is 5.91 Å². The number of rotatable bonds is 8. The molecule has 2 amide bonds. The SMILES string of the molecule is NCC(NC(=O)C(Cc1ccccc1)NC(=O)c1ccco1)C1CC1. The quantitative estimate of drug-likeness (QED) is 0.677. The van der Waals surface area contributed by atoms with Crippen LogP contribution in [-0.4, -0.2) is 30.4 Å². The Bertz CT molecular complexity index is 696. The summed E-state index contributed by atoms with van der Waals surface area (Å²) < 4.78 is 5.11. The number of benzene rings is 1. The van der Waals surface area contributed by atoms with Crippen LogP contribution in [-0.2, 0) is 11.2 Å². The molecule has 4 N–H and O–H groups in total. The Kier molecular flexibility index (Phi) is 5.50. The fraction of sp³-hybridized carbons (Fsp3) is 0.368. The second kappa shape index (κ2) is 7.98. The molecule has 2 atom stereocenters. The van der Waals surface area contributed by atoms with Crippen LogP contribution < -0.4 is 16.4 Å². The van der Waals surface area contributed by atoms with E-state index < -0.39 is 11.9 Å². The molecule has 0 radical (unpaired) electrons. The van der Waals surface area contributed by atoms with Crippen LogP contribution in [0.15, 0.2) is 53.1 Å². The first kappa shape index (κ1) is 17.2. The summed E-state index contributed by atoms with van der Waals surface area (Å²) in [6.07, 6.45) is 4.01. The molecule has 2 unspecified atom stereocenters. The molecule has 132 valence electrons. The van der Waals surface area contributed by atoms with Gasteiger partial charge in [-0.05, 0) is 36.5 Å². The summed E-state index contributed by atoms with van der Waals surface area (Å²) in [5.74, 6) is 0.0124. The van der Waals surface area contributed by atoms with Crippen molar-refractivity contribution in [2.24, 2.45) is 11.7 Å².